The molecule has 74 valence electrons. The zero-order valence-electron chi connectivity index (χ0n) is 11.6. The van der Waals surface area contributed by atoms with Gasteiger partial charge in [-0.15, -0.1) is 11.8 Å². The summed E-state index contributed by atoms with van der Waals surface area (Å²) in [4.78, 5) is 2.34. The highest BCUT2D eigenvalue weighted by atomic mass is 32.2. The Labute approximate surface area is 89.6 Å². The molecule has 4 aliphatic rings. The Morgan fingerprint density at radius 2 is 2.46 bits per heavy atom. The quantitative estimate of drug-likeness (QED) is 0.593. The molecule has 0 radical (unpaired) electrons. The standard InChI is InChI=1S/C10H17NOS/c1-8-12-10(7-13-8)6-11-4-2-9(10)3-5-11/h8-9H,2-7H2,1H3/t8-,10?/m0/s1/i1D3,8D. The van der Waals surface area contributed by atoms with Crippen molar-refractivity contribution in [1.29, 1.82) is 0 Å². The first-order valence-corrected chi connectivity index (χ1v) is 5.90. The summed E-state index contributed by atoms with van der Waals surface area (Å²) in [7, 11) is 0. The maximum absolute atomic E-state index is 8.03. The van der Waals surface area contributed by atoms with Gasteiger partial charge in [0.05, 0.1) is 6.97 Å². The van der Waals surface area contributed by atoms with Crippen molar-refractivity contribution in [3.8, 4) is 0 Å². The lowest BCUT2D eigenvalue weighted by molar-refractivity contribution is -0.133. The molecule has 0 aromatic rings. The highest BCUT2D eigenvalue weighted by Gasteiger charge is 2.51. The zero-order valence-corrected chi connectivity index (χ0v) is 8.40. The summed E-state index contributed by atoms with van der Waals surface area (Å²) in [5, 5.41) is 0. The first kappa shape index (κ1) is 5.38. The van der Waals surface area contributed by atoms with Gasteiger partial charge in [0, 0.05) is 16.4 Å². The van der Waals surface area contributed by atoms with Crippen LogP contribution in [0, 0.1) is 5.92 Å². The van der Waals surface area contributed by atoms with Crippen LogP contribution in [0.1, 0.15) is 25.2 Å². The van der Waals surface area contributed by atoms with Gasteiger partial charge in [0.15, 0.2) is 0 Å². The monoisotopic (exact) mass is 203 g/mol. The Morgan fingerprint density at radius 3 is 3.00 bits per heavy atom. The van der Waals surface area contributed by atoms with Crippen LogP contribution in [0.3, 0.4) is 0 Å². The molecule has 2 bridgehead atoms. The van der Waals surface area contributed by atoms with Crippen molar-refractivity contribution in [2.24, 2.45) is 5.92 Å². The lowest BCUT2D eigenvalue weighted by Crippen LogP contribution is -2.60. The van der Waals surface area contributed by atoms with E-state index in [1.807, 2.05) is 0 Å². The van der Waals surface area contributed by atoms with Gasteiger partial charge in [-0.05, 0) is 38.7 Å². The minimum absolute atomic E-state index is 0.378. The van der Waals surface area contributed by atoms with Gasteiger partial charge in [-0.25, -0.2) is 0 Å². The summed E-state index contributed by atoms with van der Waals surface area (Å²) in [6.07, 6.45) is 2.16. The molecule has 4 aliphatic heterocycles. The van der Waals surface area contributed by atoms with E-state index in [4.69, 9.17) is 10.2 Å². The van der Waals surface area contributed by atoms with Crippen molar-refractivity contribution in [3.63, 3.8) is 0 Å². The lowest BCUT2D eigenvalue weighted by Gasteiger charge is -2.50. The van der Waals surface area contributed by atoms with Crippen LogP contribution in [0.2, 0.25) is 0 Å². The van der Waals surface area contributed by atoms with Crippen molar-refractivity contribution >= 4 is 11.8 Å². The summed E-state index contributed by atoms with van der Waals surface area (Å²) < 4.78 is 36.2. The molecular formula is C10H17NOS. The largest absolute Gasteiger partial charge is 0.359 e. The molecule has 0 aromatic heterocycles. The van der Waals surface area contributed by atoms with Gasteiger partial charge in [0.1, 0.15) is 5.41 Å². The number of nitrogens with zero attached hydrogens (tertiary/aromatic N) is 1. The van der Waals surface area contributed by atoms with E-state index in [0.29, 0.717) is 11.7 Å². The predicted molar refractivity (Wildman–Crippen MR) is 54.9 cm³/mol. The van der Waals surface area contributed by atoms with Gasteiger partial charge >= 0.3 is 0 Å². The summed E-state index contributed by atoms with van der Waals surface area (Å²) in [6.45, 7) is 0.632. The molecule has 0 aromatic carbocycles. The Kier molecular flexibility index (Phi) is 1.19. The Hall–Kier alpha value is 0.270. The first-order chi connectivity index (χ1) is 7.85. The van der Waals surface area contributed by atoms with Crippen molar-refractivity contribution < 1.29 is 10.2 Å². The molecule has 2 atom stereocenters. The predicted octanol–water partition coefficient (Wildman–Crippen LogP) is 1.56. The summed E-state index contributed by atoms with van der Waals surface area (Å²) in [6, 6.07) is 0. The lowest BCUT2D eigenvalue weighted by atomic mass is 9.76. The fourth-order valence-corrected chi connectivity index (χ4v) is 3.82. The number of fused-ring (bicyclic) bond motifs is 2. The van der Waals surface area contributed by atoms with Crippen LogP contribution >= 0.6 is 11.8 Å². The van der Waals surface area contributed by atoms with E-state index in [-0.39, 0.29) is 5.60 Å². The fourth-order valence-electron chi connectivity index (χ4n) is 2.84. The second-order valence-electron chi connectivity index (χ2n) is 4.29. The van der Waals surface area contributed by atoms with E-state index >= 15 is 0 Å². The molecule has 1 unspecified atom stereocenters. The van der Waals surface area contributed by atoms with Crippen molar-refractivity contribution in [2.45, 2.75) is 30.7 Å². The molecule has 13 heavy (non-hydrogen) atoms. The smallest absolute Gasteiger partial charge is 0.101 e. The molecule has 4 saturated heterocycles. The van der Waals surface area contributed by atoms with E-state index in [9.17, 15) is 0 Å². The van der Waals surface area contributed by atoms with E-state index in [1.54, 1.807) is 0 Å². The van der Waals surface area contributed by atoms with Crippen LogP contribution in [0.4, 0.5) is 0 Å². The van der Waals surface area contributed by atoms with Crippen molar-refractivity contribution in [2.75, 3.05) is 25.4 Å². The molecule has 0 amide bonds. The van der Waals surface area contributed by atoms with Crippen LogP contribution in [0.15, 0.2) is 0 Å². The Morgan fingerprint density at radius 1 is 1.62 bits per heavy atom. The minimum atomic E-state index is -2.37. The summed E-state index contributed by atoms with van der Waals surface area (Å²) in [5.74, 6) is 1.09. The molecule has 3 heteroatoms. The number of rotatable bonds is 0. The Balaban J connectivity index is 1.84. The molecule has 4 rings (SSSR count). The van der Waals surface area contributed by atoms with Gasteiger partial charge in [-0.1, -0.05) is 0 Å². The third-order valence-corrected chi connectivity index (χ3v) is 4.54. The van der Waals surface area contributed by atoms with Gasteiger partial charge in [0.2, 0.25) is 0 Å². The van der Waals surface area contributed by atoms with Gasteiger partial charge in [-0.3, -0.25) is 0 Å². The molecule has 0 saturated carbocycles. The molecule has 0 N–H and O–H groups in total. The average molecular weight is 203 g/mol. The highest BCUT2D eigenvalue weighted by molar-refractivity contribution is 8.00. The normalized spacial score (nSPS) is 65.8. The number of hydrogen-bond donors (Lipinski definition) is 0. The van der Waals surface area contributed by atoms with Crippen molar-refractivity contribution in [3.05, 3.63) is 0 Å². The first-order valence-electron chi connectivity index (χ1n) is 6.91. The molecule has 0 aliphatic carbocycles. The maximum Gasteiger partial charge on any atom is 0.101 e. The van der Waals surface area contributed by atoms with Crippen LogP contribution < -0.4 is 0 Å². The van der Waals surface area contributed by atoms with Gasteiger partial charge in [0.25, 0.3) is 0 Å². The number of hydrogen-bond acceptors (Lipinski definition) is 3. The Bertz CT molecular complexity index is 331. The van der Waals surface area contributed by atoms with Crippen molar-refractivity contribution in [1.82, 2.24) is 4.90 Å². The molecule has 2 nitrogen and oxygen atoms in total. The van der Waals surface area contributed by atoms with Crippen LogP contribution in [-0.4, -0.2) is 41.3 Å². The topological polar surface area (TPSA) is 12.5 Å². The second-order valence-corrected chi connectivity index (χ2v) is 5.24. The van der Waals surface area contributed by atoms with E-state index in [1.165, 1.54) is 0 Å². The maximum atomic E-state index is 8.03. The van der Waals surface area contributed by atoms with Gasteiger partial charge in [-0.2, -0.15) is 0 Å². The average Bonchev–Trinajstić information content (AvgIpc) is 2.58. The van der Waals surface area contributed by atoms with E-state index in [2.05, 4.69) is 4.90 Å². The van der Waals surface area contributed by atoms with Crippen LogP contribution in [0.5, 0.6) is 0 Å². The number of thioether (sulfide) groups is 1. The van der Waals surface area contributed by atoms with Crippen LogP contribution in [-0.2, 0) is 4.74 Å². The SMILES string of the molecule is [2H]C([2H])([2H])[C@@]1([2H])OC2(CS1)CN1CCC2CC1. The molecular weight excluding hydrogens is 182 g/mol. The van der Waals surface area contributed by atoms with Gasteiger partial charge < -0.3 is 9.64 Å². The van der Waals surface area contributed by atoms with E-state index in [0.717, 1.165) is 44.2 Å². The minimum Gasteiger partial charge on any atom is -0.359 e. The number of piperidine rings is 3. The molecule has 4 heterocycles. The molecule has 4 fully saturated rings. The number of ether oxygens (including phenoxy) is 1. The third kappa shape index (κ3) is 1.24. The fraction of sp³-hybridized carbons (Fsp3) is 1.00. The van der Waals surface area contributed by atoms with Crippen LogP contribution in [0.25, 0.3) is 0 Å². The summed E-state index contributed by atoms with van der Waals surface area (Å²) in [5.41, 5.74) is -2.14. The molecule has 1 spiro atoms. The van der Waals surface area contributed by atoms with E-state index < -0.39 is 12.3 Å². The second kappa shape index (κ2) is 2.88. The summed E-state index contributed by atoms with van der Waals surface area (Å²) >= 11 is 1.15. The third-order valence-electron chi connectivity index (χ3n) is 3.57. The zero-order chi connectivity index (χ0) is 12.3. The highest BCUT2D eigenvalue weighted by Crippen LogP contribution is 2.46.